The van der Waals surface area contributed by atoms with Gasteiger partial charge in [-0.2, -0.15) is 0 Å². The zero-order valence-electron chi connectivity index (χ0n) is 10.7. The van der Waals surface area contributed by atoms with Gasteiger partial charge in [-0.25, -0.2) is 0 Å². The van der Waals surface area contributed by atoms with Crippen LogP contribution in [0.4, 0.5) is 5.69 Å². The smallest absolute Gasteiger partial charge is 0.253 e. The second-order valence-electron chi connectivity index (χ2n) is 4.44. The van der Waals surface area contributed by atoms with E-state index in [0.717, 1.165) is 15.6 Å². The summed E-state index contributed by atoms with van der Waals surface area (Å²) in [5, 5.41) is 4.89. The molecule has 20 heavy (non-hydrogen) atoms. The number of hydrogen-bond donors (Lipinski definition) is 2. The largest absolute Gasteiger partial charge is 0.398 e. The molecule has 0 saturated carbocycles. The van der Waals surface area contributed by atoms with Crippen LogP contribution in [-0.2, 0) is 6.54 Å². The van der Waals surface area contributed by atoms with E-state index < -0.39 is 0 Å². The number of nitrogens with two attached hydrogens (primary N) is 1. The molecule has 0 radical (unpaired) electrons. The standard InChI is InChI=1S/C15H13N3OS/c16-14-6-11-4-2-1-3-10(11)5-13(14)15(19)18-8-12-7-17-9-20-12/h1-7,9H,8,16H2,(H,18,19). The zero-order valence-corrected chi connectivity index (χ0v) is 11.5. The summed E-state index contributed by atoms with van der Waals surface area (Å²) >= 11 is 1.51. The summed E-state index contributed by atoms with van der Waals surface area (Å²) in [5.74, 6) is -0.165. The molecule has 1 heterocycles. The first kappa shape index (κ1) is 12.6. The van der Waals surface area contributed by atoms with Crippen LogP contribution in [0.2, 0.25) is 0 Å². The molecule has 0 unspecified atom stereocenters. The molecular formula is C15H13N3OS. The van der Waals surface area contributed by atoms with Crippen LogP contribution in [0.3, 0.4) is 0 Å². The molecule has 0 atom stereocenters. The Balaban J connectivity index is 1.85. The molecule has 3 rings (SSSR count). The van der Waals surface area contributed by atoms with Crippen LogP contribution >= 0.6 is 11.3 Å². The number of anilines is 1. The molecule has 100 valence electrons. The van der Waals surface area contributed by atoms with Crippen LogP contribution in [0.1, 0.15) is 15.2 Å². The fourth-order valence-corrected chi connectivity index (χ4v) is 2.58. The van der Waals surface area contributed by atoms with Gasteiger partial charge in [-0.3, -0.25) is 9.78 Å². The van der Waals surface area contributed by atoms with E-state index in [1.54, 1.807) is 11.7 Å². The number of amides is 1. The third-order valence-electron chi connectivity index (χ3n) is 3.07. The molecule has 3 N–H and O–H groups in total. The molecule has 0 spiro atoms. The number of hydrogen-bond acceptors (Lipinski definition) is 4. The predicted molar refractivity (Wildman–Crippen MR) is 81.6 cm³/mol. The number of thiazole rings is 1. The minimum Gasteiger partial charge on any atom is -0.398 e. The van der Waals surface area contributed by atoms with Crippen LogP contribution in [0, 0.1) is 0 Å². The number of aromatic nitrogens is 1. The number of nitrogens with zero attached hydrogens (tertiary/aromatic N) is 1. The highest BCUT2D eigenvalue weighted by molar-refractivity contribution is 7.09. The molecule has 1 amide bonds. The molecule has 0 bridgehead atoms. The summed E-state index contributed by atoms with van der Waals surface area (Å²) in [6.07, 6.45) is 1.74. The molecule has 0 fully saturated rings. The maximum atomic E-state index is 12.2. The van der Waals surface area contributed by atoms with E-state index in [9.17, 15) is 4.79 Å². The van der Waals surface area contributed by atoms with E-state index in [4.69, 9.17) is 5.73 Å². The van der Waals surface area contributed by atoms with Crippen LogP contribution in [0.15, 0.2) is 48.1 Å². The Hall–Kier alpha value is -2.40. The van der Waals surface area contributed by atoms with E-state index in [1.165, 1.54) is 11.3 Å². The lowest BCUT2D eigenvalue weighted by Gasteiger charge is -2.08. The maximum absolute atomic E-state index is 12.2. The highest BCUT2D eigenvalue weighted by atomic mass is 32.1. The lowest BCUT2D eigenvalue weighted by atomic mass is 10.0. The van der Waals surface area contributed by atoms with Crippen molar-refractivity contribution in [1.82, 2.24) is 10.3 Å². The van der Waals surface area contributed by atoms with Gasteiger partial charge in [0.15, 0.2) is 0 Å². The van der Waals surface area contributed by atoms with Gasteiger partial charge in [0.1, 0.15) is 0 Å². The van der Waals surface area contributed by atoms with Gasteiger partial charge in [-0.15, -0.1) is 11.3 Å². The van der Waals surface area contributed by atoms with Crippen LogP contribution < -0.4 is 11.1 Å². The normalized spacial score (nSPS) is 10.6. The molecular weight excluding hydrogens is 270 g/mol. The molecule has 2 aromatic carbocycles. The number of rotatable bonds is 3. The van der Waals surface area contributed by atoms with E-state index >= 15 is 0 Å². The van der Waals surface area contributed by atoms with Crippen molar-refractivity contribution in [3.05, 3.63) is 58.5 Å². The molecule has 1 aromatic heterocycles. The van der Waals surface area contributed by atoms with Crippen LogP contribution in [-0.4, -0.2) is 10.9 Å². The summed E-state index contributed by atoms with van der Waals surface area (Å²) in [4.78, 5) is 17.2. The number of nitrogens with one attached hydrogen (secondary N) is 1. The lowest BCUT2D eigenvalue weighted by molar-refractivity contribution is 0.0952. The van der Waals surface area contributed by atoms with Gasteiger partial charge in [0, 0.05) is 16.8 Å². The first-order chi connectivity index (χ1) is 9.74. The lowest BCUT2D eigenvalue weighted by Crippen LogP contribution is -2.23. The number of carbonyl (C=O) groups is 1. The van der Waals surface area contributed by atoms with Crippen molar-refractivity contribution in [3.8, 4) is 0 Å². The molecule has 0 saturated heterocycles. The Morgan fingerprint density at radius 3 is 2.70 bits per heavy atom. The Bertz CT molecular complexity index is 753. The van der Waals surface area contributed by atoms with Crippen molar-refractivity contribution in [2.24, 2.45) is 0 Å². The van der Waals surface area contributed by atoms with Gasteiger partial charge in [0.05, 0.1) is 17.6 Å². The Kier molecular flexibility index (Phi) is 3.35. The number of fused-ring (bicyclic) bond motifs is 1. The second-order valence-corrected chi connectivity index (χ2v) is 5.41. The van der Waals surface area contributed by atoms with E-state index in [1.807, 2.05) is 36.4 Å². The van der Waals surface area contributed by atoms with E-state index in [-0.39, 0.29) is 5.91 Å². The minimum atomic E-state index is -0.165. The third-order valence-corrected chi connectivity index (χ3v) is 3.85. The highest BCUT2D eigenvalue weighted by Crippen LogP contribution is 2.22. The molecule has 0 aliphatic heterocycles. The molecule has 5 heteroatoms. The molecule has 0 aliphatic carbocycles. The number of carbonyl (C=O) groups excluding carboxylic acids is 1. The topological polar surface area (TPSA) is 68.0 Å². The van der Waals surface area contributed by atoms with Crippen molar-refractivity contribution < 1.29 is 4.79 Å². The van der Waals surface area contributed by atoms with Gasteiger partial charge < -0.3 is 11.1 Å². The number of nitrogen functional groups attached to an aromatic ring is 1. The quantitative estimate of drug-likeness (QED) is 0.726. The van der Waals surface area contributed by atoms with Crippen molar-refractivity contribution >= 4 is 33.7 Å². The van der Waals surface area contributed by atoms with Gasteiger partial charge in [0.25, 0.3) is 5.91 Å². The Labute approximate surface area is 120 Å². The fourth-order valence-electron chi connectivity index (χ4n) is 2.05. The van der Waals surface area contributed by atoms with Crippen molar-refractivity contribution in [2.45, 2.75) is 6.54 Å². The maximum Gasteiger partial charge on any atom is 0.253 e. The summed E-state index contributed by atoms with van der Waals surface area (Å²) in [6.45, 7) is 0.468. The van der Waals surface area contributed by atoms with Gasteiger partial charge in [-0.05, 0) is 22.9 Å². The van der Waals surface area contributed by atoms with E-state index in [0.29, 0.717) is 17.8 Å². The first-order valence-corrected chi connectivity index (χ1v) is 7.06. The van der Waals surface area contributed by atoms with Crippen molar-refractivity contribution in [1.29, 1.82) is 0 Å². The Morgan fingerprint density at radius 1 is 1.25 bits per heavy atom. The average molecular weight is 283 g/mol. The molecule has 3 aromatic rings. The SMILES string of the molecule is Nc1cc2ccccc2cc1C(=O)NCc1cncs1. The summed E-state index contributed by atoms with van der Waals surface area (Å²) in [6, 6.07) is 11.5. The Morgan fingerprint density at radius 2 is 2.00 bits per heavy atom. The molecule has 0 aliphatic rings. The zero-order chi connectivity index (χ0) is 13.9. The second kappa shape index (κ2) is 5.30. The van der Waals surface area contributed by atoms with Gasteiger partial charge in [-0.1, -0.05) is 24.3 Å². The van der Waals surface area contributed by atoms with E-state index in [2.05, 4.69) is 10.3 Å². The van der Waals surface area contributed by atoms with Crippen molar-refractivity contribution in [2.75, 3.05) is 5.73 Å². The minimum absolute atomic E-state index is 0.165. The summed E-state index contributed by atoms with van der Waals surface area (Å²) in [5.41, 5.74) is 8.71. The predicted octanol–water partition coefficient (Wildman–Crippen LogP) is 2.81. The first-order valence-electron chi connectivity index (χ1n) is 6.18. The van der Waals surface area contributed by atoms with Gasteiger partial charge >= 0.3 is 0 Å². The average Bonchev–Trinajstić information content (AvgIpc) is 2.97. The third kappa shape index (κ3) is 2.48. The van der Waals surface area contributed by atoms with Crippen LogP contribution in [0.25, 0.3) is 10.8 Å². The highest BCUT2D eigenvalue weighted by Gasteiger charge is 2.11. The van der Waals surface area contributed by atoms with Crippen molar-refractivity contribution in [3.63, 3.8) is 0 Å². The summed E-state index contributed by atoms with van der Waals surface area (Å²) in [7, 11) is 0. The monoisotopic (exact) mass is 283 g/mol. The summed E-state index contributed by atoms with van der Waals surface area (Å²) < 4.78 is 0. The van der Waals surface area contributed by atoms with Crippen LogP contribution in [0.5, 0.6) is 0 Å². The number of benzene rings is 2. The fraction of sp³-hybridized carbons (Fsp3) is 0.0667. The molecule has 4 nitrogen and oxygen atoms in total. The van der Waals surface area contributed by atoms with Gasteiger partial charge in [0.2, 0.25) is 0 Å².